The predicted octanol–water partition coefficient (Wildman–Crippen LogP) is 4.98. The third-order valence-corrected chi connectivity index (χ3v) is 3.29. The molecule has 2 rings (SSSR count). The van der Waals surface area contributed by atoms with Crippen molar-refractivity contribution >= 4 is 46.7 Å². The van der Waals surface area contributed by atoms with Crippen LogP contribution in [-0.4, -0.2) is 9.85 Å². The van der Waals surface area contributed by atoms with E-state index < -0.39 is 9.85 Å². The van der Waals surface area contributed by atoms with Crippen LogP contribution in [0.1, 0.15) is 11.1 Å². The summed E-state index contributed by atoms with van der Waals surface area (Å²) < 4.78 is 0. The monoisotopic (exact) mass is 338 g/mol. The summed E-state index contributed by atoms with van der Waals surface area (Å²) in [7, 11) is 0. The molecule has 0 radical (unpaired) electrons. The van der Waals surface area contributed by atoms with Crippen molar-refractivity contribution in [3.8, 4) is 0 Å². The Balaban J connectivity index is 2.49. The molecule has 0 N–H and O–H groups in total. The van der Waals surface area contributed by atoms with Crippen LogP contribution in [0, 0.1) is 20.2 Å². The summed E-state index contributed by atoms with van der Waals surface area (Å²) in [5.74, 6) is 0. The van der Waals surface area contributed by atoms with Crippen molar-refractivity contribution < 1.29 is 9.85 Å². The van der Waals surface area contributed by atoms with Gasteiger partial charge >= 0.3 is 0 Å². The maximum atomic E-state index is 11.0. The minimum Gasteiger partial charge on any atom is -0.258 e. The van der Waals surface area contributed by atoms with Crippen LogP contribution in [0.5, 0.6) is 0 Å². The molecule has 22 heavy (non-hydrogen) atoms. The number of nitro benzene ring substituents is 2. The van der Waals surface area contributed by atoms with Crippen LogP contribution in [0.3, 0.4) is 0 Å². The molecule has 0 bridgehead atoms. The number of hydrogen-bond donors (Lipinski definition) is 0. The molecule has 0 aliphatic carbocycles. The first-order chi connectivity index (χ1) is 10.4. The lowest BCUT2D eigenvalue weighted by molar-refractivity contribution is -0.385. The van der Waals surface area contributed by atoms with Gasteiger partial charge in [0.05, 0.1) is 21.0 Å². The van der Waals surface area contributed by atoms with Gasteiger partial charge in [0.1, 0.15) is 0 Å². The summed E-state index contributed by atoms with van der Waals surface area (Å²) in [6, 6.07) is 8.17. The molecule has 0 spiro atoms. The largest absolute Gasteiger partial charge is 0.276 e. The van der Waals surface area contributed by atoms with Crippen molar-refractivity contribution in [3.05, 3.63) is 77.8 Å². The Morgan fingerprint density at radius 2 is 1.14 bits per heavy atom. The molecule has 2 aromatic carbocycles. The first kappa shape index (κ1) is 15.9. The van der Waals surface area contributed by atoms with E-state index in [2.05, 4.69) is 0 Å². The van der Waals surface area contributed by atoms with Gasteiger partial charge in [-0.25, -0.2) is 0 Å². The van der Waals surface area contributed by atoms with Gasteiger partial charge in [-0.05, 0) is 36.4 Å². The summed E-state index contributed by atoms with van der Waals surface area (Å²) in [6.07, 6.45) is 2.78. The van der Waals surface area contributed by atoms with E-state index in [0.717, 1.165) is 0 Å². The molecule has 0 unspecified atom stereocenters. The molecule has 2 aromatic rings. The Labute approximate surface area is 134 Å². The SMILES string of the molecule is O=[N+]([O-])c1ccc(Cl)cc1/C=C/c1cc(Cl)ccc1[N+](=O)[O-]. The van der Waals surface area contributed by atoms with Crippen molar-refractivity contribution in [2.24, 2.45) is 0 Å². The van der Waals surface area contributed by atoms with Gasteiger partial charge in [0.15, 0.2) is 0 Å². The molecule has 0 saturated heterocycles. The highest BCUT2D eigenvalue weighted by Crippen LogP contribution is 2.28. The maximum absolute atomic E-state index is 11.0. The lowest BCUT2D eigenvalue weighted by Gasteiger charge is -2.00. The second-order valence-corrected chi connectivity index (χ2v) is 5.13. The van der Waals surface area contributed by atoms with Crippen LogP contribution in [0.15, 0.2) is 36.4 Å². The Kier molecular flexibility index (Phi) is 4.75. The summed E-state index contributed by atoms with van der Waals surface area (Å²) in [6.45, 7) is 0. The highest BCUT2D eigenvalue weighted by atomic mass is 35.5. The van der Waals surface area contributed by atoms with Gasteiger partial charge in [-0.15, -0.1) is 0 Å². The Morgan fingerprint density at radius 3 is 1.45 bits per heavy atom. The van der Waals surface area contributed by atoms with Crippen molar-refractivity contribution in [2.75, 3.05) is 0 Å². The maximum Gasteiger partial charge on any atom is 0.276 e. The molecule has 0 aliphatic rings. The standard InChI is InChI=1S/C14H8Cl2N2O4/c15-11-3-5-13(17(19)20)9(7-11)1-2-10-8-12(16)4-6-14(10)18(21)22/h1-8H/b2-1+. The van der Waals surface area contributed by atoms with Gasteiger partial charge in [-0.1, -0.05) is 23.2 Å². The van der Waals surface area contributed by atoms with Gasteiger partial charge in [-0.2, -0.15) is 0 Å². The zero-order valence-corrected chi connectivity index (χ0v) is 12.4. The lowest BCUT2D eigenvalue weighted by Crippen LogP contribution is -1.92. The third-order valence-electron chi connectivity index (χ3n) is 2.81. The molecule has 0 aromatic heterocycles. The Morgan fingerprint density at radius 1 is 0.773 bits per heavy atom. The minimum absolute atomic E-state index is 0.148. The van der Waals surface area contributed by atoms with Gasteiger partial charge in [0, 0.05) is 22.2 Å². The molecule has 112 valence electrons. The van der Waals surface area contributed by atoms with E-state index in [1.54, 1.807) is 0 Å². The van der Waals surface area contributed by atoms with Crippen LogP contribution in [-0.2, 0) is 0 Å². The van der Waals surface area contributed by atoms with Crippen molar-refractivity contribution in [3.63, 3.8) is 0 Å². The first-order valence-corrected chi connectivity index (χ1v) is 6.70. The quantitative estimate of drug-likeness (QED) is 0.446. The average Bonchev–Trinajstić information content (AvgIpc) is 2.44. The van der Waals surface area contributed by atoms with E-state index in [4.69, 9.17) is 23.2 Å². The Hall–Kier alpha value is -2.44. The van der Waals surface area contributed by atoms with Gasteiger partial charge < -0.3 is 0 Å². The highest BCUT2D eigenvalue weighted by Gasteiger charge is 2.14. The van der Waals surface area contributed by atoms with Crippen LogP contribution in [0.25, 0.3) is 12.2 Å². The van der Waals surface area contributed by atoms with Gasteiger partial charge in [0.2, 0.25) is 0 Å². The second-order valence-electron chi connectivity index (χ2n) is 4.25. The number of nitro groups is 2. The normalized spacial score (nSPS) is 10.8. The number of nitrogens with zero attached hydrogens (tertiary/aromatic N) is 2. The predicted molar refractivity (Wildman–Crippen MR) is 85.1 cm³/mol. The number of halogens is 2. The molecular weight excluding hydrogens is 331 g/mol. The fourth-order valence-electron chi connectivity index (χ4n) is 1.83. The van der Waals surface area contributed by atoms with Crippen molar-refractivity contribution in [1.82, 2.24) is 0 Å². The molecule has 0 fully saturated rings. The molecule has 0 aliphatic heterocycles. The molecule has 0 amide bonds. The number of rotatable bonds is 4. The van der Waals surface area contributed by atoms with Crippen LogP contribution < -0.4 is 0 Å². The first-order valence-electron chi connectivity index (χ1n) is 5.94. The van der Waals surface area contributed by atoms with Crippen molar-refractivity contribution in [1.29, 1.82) is 0 Å². The summed E-state index contributed by atoms with van der Waals surface area (Å²) in [4.78, 5) is 20.8. The van der Waals surface area contributed by atoms with Crippen LogP contribution >= 0.6 is 23.2 Å². The van der Waals surface area contributed by atoms with Crippen LogP contribution in [0.4, 0.5) is 11.4 Å². The fourth-order valence-corrected chi connectivity index (χ4v) is 2.19. The van der Waals surface area contributed by atoms with Gasteiger partial charge in [0.25, 0.3) is 11.4 Å². The molecular formula is C14H8Cl2N2O4. The van der Waals surface area contributed by atoms with Gasteiger partial charge in [-0.3, -0.25) is 20.2 Å². The summed E-state index contributed by atoms with van der Waals surface area (Å²) in [5.41, 5.74) is 0.189. The third kappa shape index (κ3) is 3.60. The second kappa shape index (κ2) is 6.55. The smallest absolute Gasteiger partial charge is 0.258 e. The average molecular weight is 339 g/mol. The Bertz CT molecular complexity index is 725. The van der Waals surface area contributed by atoms with E-state index in [1.807, 2.05) is 0 Å². The number of benzene rings is 2. The van der Waals surface area contributed by atoms with E-state index in [-0.39, 0.29) is 22.5 Å². The molecule has 0 heterocycles. The minimum atomic E-state index is -0.553. The molecule has 0 saturated carbocycles. The zero-order valence-electron chi connectivity index (χ0n) is 10.9. The van der Waals surface area contributed by atoms with E-state index in [9.17, 15) is 20.2 Å². The lowest BCUT2D eigenvalue weighted by atomic mass is 10.1. The van der Waals surface area contributed by atoms with Crippen LogP contribution in [0.2, 0.25) is 10.0 Å². The zero-order chi connectivity index (χ0) is 16.3. The van der Waals surface area contributed by atoms with E-state index in [1.165, 1.54) is 48.6 Å². The fraction of sp³-hybridized carbons (Fsp3) is 0. The van der Waals surface area contributed by atoms with E-state index in [0.29, 0.717) is 10.0 Å². The molecule has 8 heteroatoms. The summed E-state index contributed by atoms with van der Waals surface area (Å²) in [5, 5.41) is 22.6. The number of hydrogen-bond acceptors (Lipinski definition) is 4. The molecule has 6 nitrogen and oxygen atoms in total. The van der Waals surface area contributed by atoms with E-state index >= 15 is 0 Å². The molecule has 0 atom stereocenters. The topological polar surface area (TPSA) is 86.3 Å². The van der Waals surface area contributed by atoms with Crippen molar-refractivity contribution in [2.45, 2.75) is 0 Å². The highest BCUT2D eigenvalue weighted by molar-refractivity contribution is 6.31. The summed E-state index contributed by atoms with van der Waals surface area (Å²) >= 11 is 11.6.